The van der Waals surface area contributed by atoms with Gasteiger partial charge in [-0.1, -0.05) is 67.0 Å². The van der Waals surface area contributed by atoms with Crippen LogP contribution in [0.25, 0.3) is 21.3 Å². The zero-order chi connectivity index (χ0) is 41.1. The SMILES string of the molecule is COC(=O)CCc1ccc(S(=O)(=O)NC(=O)c2nc(N3CCc4cccc(C(=O)Nc5nc6ccccc6s5)c4C3)ccc2-c2cnn(CC3CCCCC3)c2C)cc1. The summed E-state index contributed by atoms with van der Waals surface area (Å²) in [6, 6.07) is 23.1. The number of rotatable bonds is 12. The second-order valence-corrected chi connectivity index (χ2v) is 17.8. The average Bonchev–Trinajstić information content (AvgIpc) is 3.84. The zero-order valence-electron chi connectivity index (χ0n) is 32.9. The topological polar surface area (TPSA) is 165 Å². The summed E-state index contributed by atoms with van der Waals surface area (Å²) < 4.78 is 37.3. The fourth-order valence-electron chi connectivity index (χ4n) is 8.02. The number of ether oxygens (including phenoxy) is 1. The van der Waals surface area contributed by atoms with E-state index in [9.17, 15) is 22.8 Å². The predicted molar refractivity (Wildman–Crippen MR) is 227 cm³/mol. The van der Waals surface area contributed by atoms with Gasteiger partial charge in [0, 0.05) is 48.4 Å². The summed E-state index contributed by atoms with van der Waals surface area (Å²) in [5.74, 6) is -0.538. The number of hydrogen-bond donors (Lipinski definition) is 2. The summed E-state index contributed by atoms with van der Waals surface area (Å²) in [4.78, 5) is 51.0. The number of carbonyl (C=O) groups excluding carboxylic acids is 3. The fourth-order valence-corrected chi connectivity index (χ4v) is 9.83. The summed E-state index contributed by atoms with van der Waals surface area (Å²) in [5, 5.41) is 8.21. The van der Waals surface area contributed by atoms with Crippen LogP contribution in [0.1, 0.15) is 81.8 Å². The lowest BCUT2D eigenvalue weighted by atomic mass is 9.89. The number of benzene rings is 3. The van der Waals surface area contributed by atoms with Crippen molar-refractivity contribution in [2.75, 3.05) is 23.9 Å². The Hall–Kier alpha value is -5.93. The second-order valence-electron chi connectivity index (χ2n) is 15.1. The molecule has 6 aromatic rings. The van der Waals surface area contributed by atoms with Gasteiger partial charge in [0.1, 0.15) is 11.5 Å². The van der Waals surface area contributed by atoms with Gasteiger partial charge in [0.15, 0.2) is 5.13 Å². The van der Waals surface area contributed by atoms with Gasteiger partial charge in [-0.25, -0.2) is 23.1 Å². The van der Waals surface area contributed by atoms with Gasteiger partial charge >= 0.3 is 5.97 Å². The van der Waals surface area contributed by atoms with Crippen LogP contribution >= 0.6 is 11.3 Å². The van der Waals surface area contributed by atoms with Crippen LogP contribution in [-0.4, -0.2) is 59.6 Å². The third-order valence-corrected chi connectivity index (χ3v) is 13.6. The molecule has 59 heavy (non-hydrogen) atoms. The summed E-state index contributed by atoms with van der Waals surface area (Å²) in [7, 11) is -3.01. The molecule has 3 aromatic heterocycles. The van der Waals surface area contributed by atoms with Crippen LogP contribution in [0.15, 0.2) is 90.0 Å². The molecule has 4 heterocycles. The minimum absolute atomic E-state index is 0.0613. The lowest BCUT2D eigenvalue weighted by Crippen LogP contribution is -2.34. The molecule has 2 amide bonds. The number of anilines is 2. The number of para-hydroxylation sites is 1. The summed E-state index contributed by atoms with van der Waals surface area (Å²) >= 11 is 1.41. The van der Waals surface area contributed by atoms with Gasteiger partial charge in [-0.3, -0.25) is 24.4 Å². The molecule has 0 atom stereocenters. The molecule has 1 saturated carbocycles. The Kier molecular flexibility index (Phi) is 11.6. The lowest BCUT2D eigenvalue weighted by molar-refractivity contribution is -0.140. The summed E-state index contributed by atoms with van der Waals surface area (Å²) in [6.07, 6.45) is 8.83. The third-order valence-electron chi connectivity index (χ3n) is 11.3. The molecule has 1 fully saturated rings. The molecule has 13 nitrogen and oxygen atoms in total. The van der Waals surface area contributed by atoms with Crippen molar-refractivity contribution in [3.05, 3.63) is 119 Å². The average molecular weight is 832 g/mol. The van der Waals surface area contributed by atoms with Gasteiger partial charge in [-0.15, -0.1) is 0 Å². The normalized spacial score (nSPS) is 14.5. The molecule has 1 aliphatic carbocycles. The van der Waals surface area contributed by atoms with E-state index >= 15 is 0 Å². The van der Waals surface area contributed by atoms with Gasteiger partial charge in [-0.2, -0.15) is 5.10 Å². The summed E-state index contributed by atoms with van der Waals surface area (Å²) in [5.41, 5.74) is 5.91. The maximum absolute atomic E-state index is 14.2. The highest BCUT2D eigenvalue weighted by Gasteiger charge is 2.28. The Balaban J connectivity index is 1.09. The van der Waals surface area contributed by atoms with Gasteiger partial charge in [0.25, 0.3) is 21.8 Å². The van der Waals surface area contributed by atoms with Crippen molar-refractivity contribution in [1.29, 1.82) is 0 Å². The number of nitrogens with zero attached hydrogens (tertiary/aromatic N) is 5. The number of aromatic nitrogens is 4. The van der Waals surface area contributed by atoms with Crippen molar-refractivity contribution in [3.8, 4) is 11.1 Å². The van der Waals surface area contributed by atoms with E-state index in [1.807, 2.05) is 59.0 Å². The molecule has 15 heteroatoms. The highest BCUT2D eigenvalue weighted by atomic mass is 32.2. The molecule has 0 radical (unpaired) electrons. The molecule has 0 spiro atoms. The first kappa shape index (κ1) is 39.9. The van der Waals surface area contributed by atoms with Gasteiger partial charge < -0.3 is 9.64 Å². The Labute approximate surface area is 346 Å². The van der Waals surface area contributed by atoms with Crippen molar-refractivity contribution >= 4 is 60.3 Å². The number of pyridine rings is 1. The van der Waals surface area contributed by atoms with Crippen LogP contribution in [-0.2, 0) is 45.5 Å². The smallest absolute Gasteiger partial charge is 0.305 e. The largest absolute Gasteiger partial charge is 0.469 e. The maximum atomic E-state index is 14.2. The van der Waals surface area contributed by atoms with E-state index in [-0.39, 0.29) is 28.9 Å². The molecule has 0 unspecified atom stereocenters. The molecule has 2 N–H and O–H groups in total. The third kappa shape index (κ3) is 8.76. The molecule has 1 aliphatic heterocycles. The lowest BCUT2D eigenvalue weighted by Gasteiger charge is -2.31. The van der Waals surface area contributed by atoms with Gasteiger partial charge in [0.05, 0.1) is 28.4 Å². The van der Waals surface area contributed by atoms with E-state index in [2.05, 4.69) is 15.0 Å². The monoisotopic (exact) mass is 831 g/mol. The Morgan fingerprint density at radius 2 is 1.69 bits per heavy atom. The fraction of sp³-hybridized carbons (Fsp3) is 0.318. The van der Waals surface area contributed by atoms with Crippen molar-refractivity contribution in [2.24, 2.45) is 5.92 Å². The number of thiazole rings is 1. The van der Waals surface area contributed by atoms with Crippen molar-refractivity contribution < 1.29 is 27.5 Å². The van der Waals surface area contributed by atoms with E-state index in [0.717, 1.165) is 52.0 Å². The Bertz CT molecular complexity index is 2620. The molecule has 0 saturated heterocycles. The molecule has 304 valence electrons. The van der Waals surface area contributed by atoms with E-state index in [1.54, 1.807) is 30.5 Å². The molecule has 8 rings (SSSR count). The molecule has 2 aliphatic rings. The van der Waals surface area contributed by atoms with Crippen LogP contribution in [0.4, 0.5) is 10.9 Å². The number of sulfonamides is 1. The minimum Gasteiger partial charge on any atom is -0.469 e. The highest BCUT2D eigenvalue weighted by molar-refractivity contribution is 7.90. The number of esters is 1. The first-order valence-electron chi connectivity index (χ1n) is 19.9. The molecular weight excluding hydrogens is 787 g/mol. The van der Waals surface area contributed by atoms with Gasteiger partial charge in [-0.05, 0) is 97.7 Å². The number of aryl methyl sites for hydroxylation is 1. The Morgan fingerprint density at radius 1 is 0.898 bits per heavy atom. The first-order valence-corrected chi connectivity index (χ1v) is 22.2. The van der Waals surface area contributed by atoms with E-state index in [1.165, 1.54) is 49.8 Å². The number of methoxy groups -OCH3 is 1. The first-order chi connectivity index (χ1) is 28.6. The number of carbonyl (C=O) groups is 3. The van der Waals surface area contributed by atoms with E-state index < -0.39 is 15.9 Å². The van der Waals surface area contributed by atoms with E-state index in [4.69, 9.17) is 14.8 Å². The highest BCUT2D eigenvalue weighted by Crippen LogP contribution is 2.33. The molecule has 0 bridgehead atoms. The quantitative estimate of drug-likeness (QED) is 0.118. The number of hydrogen-bond acceptors (Lipinski definition) is 11. The van der Waals surface area contributed by atoms with Gasteiger partial charge in [0.2, 0.25) is 0 Å². The molecular formula is C44H45N7O6S2. The van der Waals surface area contributed by atoms with Crippen LogP contribution in [0.2, 0.25) is 0 Å². The number of fused-ring (bicyclic) bond motifs is 2. The van der Waals surface area contributed by atoms with E-state index in [0.29, 0.717) is 59.5 Å². The minimum atomic E-state index is -4.33. The van der Waals surface area contributed by atoms with Crippen LogP contribution in [0, 0.1) is 12.8 Å². The standard InChI is InChI=1S/C44H45N7O6S2/c1-28-35(25-45-51(28)26-30-9-4-3-5-10-30)33-20-21-39(47-41(33)43(54)49-59(55,56)32-18-15-29(16-19-32)17-22-40(52)57-2)50-24-23-31-11-8-12-34(36(31)27-50)42(53)48-44-46-37-13-6-7-14-38(37)58-44/h6-8,11-16,18-21,25,30H,3-5,9-10,17,22-24,26-27H2,1-2H3,(H,49,54)(H,46,48,53). The van der Waals surface area contributed by atoms with Crippen molar-refractivity contribution in [1.82, 2.24) is 24.5 Å². The Morgan fingerprint density at radius 3 is 2.47 bits per heavy atom. The second kappa shape index (κ2) is 17.1. The van der Waals surface area contributed by atoms with Crippen molar-refractivity contribution in [2.45, 2.75) is 76.3 Å². The zero-order valence-corrected chi connectivity index (χ0v) is 34.6. The number of nitrogens with one attached hydrogen (secondary N) is 2. The van der Waals surface area contributed by atoms with Crippen LogP contribution in [0.3, 0.4) is 0 Å². The number of amides is 2. The van der Waals surface area contributed by atoms with Crippen LogP contribution in [0.5, 0.6) is 0 Å². The van der Waals surface area contributed by atoms with Crippen LogP contribution < -0.4 is 14.9 Å². The maximum Gasteiger partial charge on any atom is 0.305 e. The van der Waals surface area contributed by atoms with Crippen molar-refractivity contribution in [3.63, 3.8) is 0 Å². The predicted octanol–water partition coefficient (Wildman–Crippen LogP) is 7.48. The molecule has 3 aromatic carbocycles. The summed E-state index contributed by atoms with van der Waals surface area (Å²) in [6.45, 7) is 3.63.